The Morgan fingerprint density at radius 3 is 2.32 bits per heavy atom. The molecule has 0 unspecified atom stereocenters. The first-order valence-corrected chi connectivity index (χ1v) is 7.32. The molecule has 0 radical (unpaired) electrons. The normalized spacial score (nSPS) is 15.0. The lowest BCUT2D eigenvalue weighted by Gasteiger charge is -2.28. The number of nitriles is 1. The summed E-state index contributed by atoms with van der Waals surface area (Å²) >= 11 is 0. The van der Waals surface area contributed by atoms with Crippen molar-refractivity contribution in [1.29, 1.82) is 5.26 Å². The van der Waals surface area contributed by atoms with Crippen LogP contribution in [-0.2, 0) is 4.74 Å². The molecule has 1 aliphatic heterocycles. The van der Waals surface area contributed by atoms with Crippen molar-refractivity contribution < 1.29 is 4.74 Å². The number of aliphatic imine (C=N–C) groups is 1. The molecular weight excluding hydrogens is 274 g/mol. The number of rotatable bonds is 3. The van der Waals surface area contributed by atoms with Crippen LogP contribution in [0.15, 0.2) is 53.5 Å². The molecule has 2 aromatic rings. The zero-order chi connectivity index (χ0) is 15.2. The highest BCUT2D eigenvalue weighted by atomic mass is 16.5. The predicted molar refractivity (Wildman–Crippen MR) is 87.9 cm³/mol. The van der Waals surface area contributed by atoms with E-state index in [0.717, 1.165) is 37.6 Å². The van der Waals surface area contributed by atoms with Gasteiger partial charge in [-0.05, 0) is 42.0 Å². The molecule has 1 aliphatic rings. The maximum Gasteiger partial charge on any atom is 0.0991 e. The smallest absolute Gasteiger partial charge is 0.0991 e. The van der Waals surface area contributed by atoms with Crippen molar-refractivity contribution in [1.82, 2.24) is 0 Å². The number of benzene rings is 2. The summed E-state index contributed by atoms with van der Waals surface area (Å²) in [6.07, 6.45) is 1.84. The minimum atomic E-state index is 0.647. The molecule has 0 amide bonds. The Bertz CT molecular complexity index is 678. The number of nitrogens with zero attached hydrogens (tertiary/aromatic N) is 3. The Balaban J connectivity index is 1.67. The van der Waals surface area contributed by atoms with E-state index < -0.39 is 0 Å². The van der Waals surface area contributed by atoms with Gasteiger partial charge in [-0.2, -0.15) is 5.26 Å². The first-order chi connectivity index (χ1) is 10.8. The topological polar surface area (TPSA) is 48.6 Å². The third-order valence-corrected chi connectivity index (χ3v) is 3.63. The van der Waals surface area contributed by atoms with Crippen molar-refractivity contribution in [3.05, 3.63) is 59.7 Å². The summed E-state index contributed by atoms with van der Waals surface area (Å²) in [5, 5.41) is 8.77. The lowest BCUT2D eigenvalue weighted by atomic mass is 10.2. The number of hydrogen-bond donors (Lipinski definition) is 0. The van der Waals surface area contributed by atoms with Gasteiger partial charge in [-0.3, -0.25) is 4.99 Å². The van der Waals surface area contributed by atoms with Crippen molar-refractivity contribution in [2.24, 2.45) is 4.99 Å². The molecule has 0 atom stereocenters. The maximum atomic E-state index is 8.77. The monoisotopic (exact) mass is 291 g/mol. The Morgan fingerprint density at radius 2 is 1.68 bits per heavy atom. The molecule has 0 aliphatic carbocycles. The molecule has 110 valence electrons. The molecule has 2 aromatic carbocycles. The number of anilines is 1. The van der Waals surface area contributed by atoms with E-state index >= 15 is 0 Å². The van der Waals surface area contributed by atoms with E-state index in [4.69, 9.17) is 10.00 Å². The van der Waals surface area contributed by atoms with Gasteiger partial charge in [-0.1, -0.05) is 12.1 Å². The van der Waals surface area contributed by atoms with Gasteiger partial charge in [-0.15, -0.1) is 0 Å². The van der Waals surface area contributed by atoms with Gasteiger partial charge in [0.05, 0.1) is 30.5 Å². The van der Waals surface area contributed by atoms with E-state index in [1.54, 1.807) is 12.1 Å². The van der Waals surface area contributed by atoms with Crippen LogP contribution in [0.3, 0.4) is 0 Å². The quantitative estimate of drug-likeness (QED) is 0.816. The molecule has 4 heteroatoms. The van der Waals surface area contributed by atoms with E-state index in [0.29, 0.717) is 5.56 Å². The van der Waals surface area contributed by atoms with Gasteiger partial charge in [0.15, 0.2) is 0 Å². The number of morpholine rings is 1. The second-order valence-electron chi connectivity index (χ2n) is 5.11. The first kappa shape index (κ1) is 14.3. The highest BCUT2D eigenvalue weighted by Crippen LogP contribution is 2.17. The van der Waals surface area contributed by atoms with Gasteiger partial charge < -0.3 is 9.64 Å². The lowest BCUT2D eigenvalue weighted by molar-refractivity contribution is 0.122. The van der Waals surface area contributed by atoms with Crippen molar-refractivity contribution in [2.45, 2.75) is 0 Å². The zero-order valence-electron chi connectivity index (χ0n) is 12.3. The third kappa shape index (κ3) is 3.51. The SMILES string of the molecule is N#Cc1ccc(N=Cc2ccc(N3CCOCC3)cc2)cc1. The summed E-state index contributed by atoms with van der Waals surface area (Å²) in [4.78, 5) is 6.75. The van der Waals surface area contributed by atoms with Gasteiger partial charge in [0.2, 0.25) is 0 Å². The minimum Gasteiger partial charge on any atom is -0.378 e. The minimum absolute atomic E-state index is 0.647. The van der Waals surface area contributed by atoms with Crippen LogP contribution in [0.2, 0.25) is 0 Å². The Hall–Kier alpha value is -2.64. The van der Waals surface area contributed by atoms with E-state index in [9.17, 15) is 0 Å². The Morgan fingerprint density at radius 1 is 1.00 bits per heavy atom. The van der Waals surface area contributed by atoms with E-state index in [2.05, 4.69) is 40.2 Å². The first-order valence-electron chi connectivity index (χ1n) is 7.32. The fourth-order valence-corrected chi connectivity index (χ4v) is 2.36. The molecule has 0 aromatic heterocycles. The van der Waals surface area contributed by atoms with Crippen LogP contribution < -0.4 is 4.90 Å². The average molecular weight is 291 g/mol. The van der Waals surface area contributed by atoms with Crippen molar-refractivity contribution in [3.63, 3.8) is 0 Å². The molecule has 4 nitrogen and oxygen atoms in total. The molecule has 0 spiro atoms. The standard InChI is InChI=1S/C18H17N3O/c19-13-15-1-5-17(6-2-15)20-14-16-3-7-18(8-4-16)21-9-11-22-12-10-21/h1-8,14H,9-12H2. The lowest BCUT2D eigenvalue weighted by Crippen LogP contribution is -2.36. The summed E-state index contributed by atoms with van der Waals surface area (Å²) < 4.78 is 5.37. The van der Waals surface area contributed by atoms with E-state index in [1.807, 2.05) is 18.3 Å². The summed E-state index contributed by atoms with van der Waals surface area (Å²) in [7, 11) is 0. The van der Waals surface area contributed by atoms with Gasteiger partial charge in [0.1, 0.15) is 0 Å². The summed E-state index contributed by atoms with van der Waals surface area (Å²) in [6.45, 7) is 3.47. The van der Waals surface area contributed by atoms with E-state index in [1.165, 1.54) is 5.69 Å². The van der Waals surface area contributed by atoms with Gasteiger partial charge in [0.25, 0.3) is 0 Å². The summed E-state index contributed by atoms with van der Waals surface area (Å²) in [6, 6.07) is 17.7. The van der Waals surface area contributed by atoms with Gasteiger partial charge >= 0.3 is 0 Å². The van der Waals surface area contributed by atoms with Crippen LogP contribution >= 0.6 is 0 Å². The molecule has 0 saturated carbocycles. The van der Waals surface area contributed by atoms with Crippen LogP contribution in [0.25, 0.3) is 0 Å². The number of ether oxygens (including phenoxy) is 1. The summed E-state index contributed by atoms with van der Waals surface area (Å²) in [5.41, 5.74) is 3.77. The molecule has 0 N–H and O–H groups in total. The third-order valence-electron chi connectivity index (χ3n) is 3.63. The molecule has 1 saturated heterocycles. The molecule has 1 heterocycles. The molecule has 0 bridgehead atoms. The van der Waals surface area contributed by atoms with Crippen LogP contribution in [0.4, 0.5) is 11.4 Å². The fourth-order valence-electron chi connectivity index (χ4n) is 2.36. The van der Waals surface area contributed by atoms with E-state index in [-0.39, 0.29) is 0 Å². The van der Waals surface area contributed by atoms with Gasteiger partial charge in [0, 0.05) is 25.0 Å². The largest absolute Gasteiger partial charge is 0.378 e. The second-order valence-corrected chi connectivity index (χ2v) is 5.11. The van der Waals surface area contributed by atoms with Crippen LogP contribution in [0.5, 0.6) is 0 Å². The van der Waals surface area contributed by atoms with Crippen LogP contribution in [-0.4, -0.2) is 32.5 Å². The Labute approximate surface area is 130 Å². The fraction of sp³-hybridized carbons (Fsp3) is 0.222. The molecular formula is C18H17N3O. The van der Waals surface area contributed by atoms with Crippen molar-refractivity contribution in [3.8, 4) is 6.07 Å². The van der Waals surface area contributed by atoms with Gasteiger partial charge in [-0.25, -0.2) is 0 Å². The summed E-state index contributed by atoms with van der Waals surface area (Å²) in [5.74, 6) is 0. The molecule has 1 fully saturated rings. The van der Waals surface area contributed by atoms with Crippen LogP contribution in [0.1, 0.15) is 11.1 Å². The van der Waals surface area contributed by atoms with Crippen molar-refractivity contribution >= 4 is 17.6 Å². The molecule has 22 heavy (non-hydrogen) atoms. The average Bonchev–Trinajstić information content (AvgIpc) is 2.61. The molecule has 3 rings (SSSR count). The highest BCUT2D eigenvalue weighted by molar-refractivity contribution is 5.82. The second kappa shape index (κ2) is 6.88. The van der Waals surface area contributed by atoms with Crippen molar-refractivity contribution in [2.75, 3.05) is 31.2 Å². The predicted octanol–water partition coefficient (Wildman–Crippen LogP) is 3.15. The number of hydrogen-bond acceptors (Lipinski definition) is 4. The Kier molecular flexibility index (Phi) is 4.47. The maximum absolute atomic E-state index is 8.77. The highest BCUT2D eigenvalue weighted by Gasteiger charge is 2.10. The van der Waals surface area contributed by atoms with Crippen LogP contribution in [0, 0.1) is 11.3 Å². The zero-order valence-corrected chi connectivity index (χ0v) is 12.3.